The third-order valence-electron chi connectivity index (χ3n) is 4.37. The van der Waals surface area contributed by atoms with Gasteiger partial charge in [0.1, 0.15) is 0 Å². The van der Waals surface area contributed by atoms with Crippen LogP contribution in [0.1, 0.15) is 58.3 Å². The van der Waals surface area contributed by atoms with Crippen molar-refractivity contribution >= 4 is 28.4 Å². The van der Waals surface area contributed by atoms with Gasteiger partial charge in [-0.05, 0) is 19.8 Å². The number of fused-ring (bicyclic) bond motifs is 1. The van der Waals surface area contributed by atoms with Crippen molar-refractivity contribution in [2.24, 2.45) is 10.9 Å². The fourth-order valence-corrected chi connectivity index (χ4v) is 4.37. The van der Waals surface area contributed by atoms with Crippen LogP contribution in [0.25, 0.3) is 0 Å². The van der Waals surface area contributed by atoms with Crippen LogP contribution in [0, 0.1) is 5.92 Å². The number of hydrogen-bond acceptors (Lipinski definition) is 2. The molecule has 0 aromatic rings. The Bertz CT molecular complexity index is 277. The van der Waals surface area contributed by atoms with Crippen molar-refractivity contribution in [3.05, 3.63) is 0 Å². The molecule has 0 amide bonds. The monoisotopic (exact) mass is 348 g/mol. The Morgan fingerprint density at radius 1 is 1.06 bits per heavy atom. The first-order chi connectivity index (χ1) is 8.20. The van der Waals surface area contributed by atoms with Gasteiger partial charge < -0.3 is 4.90 Å². The number of rotatable bonds is 0. The predicted octanol–water partition coefficient (Wildman–Crippen LogP) is 4.23. The summed E-state index contributed by atoms with van der Waals surface area (Å²) in [5.74, 6) is 2.02. The highest BCUT2D eigenvalue weighted by atomic mass is 127. The van der Waals surface area contributed by atoms with Gasteiger partial charge in [0.25, 0.3) is 0 Å². The molecule has 3 heteroatoms. The molecular formula is C14H25IN2. The SMILES string of the molecule is CC1=NC2CCCCCCCCC2C(I)N1C. The van der Waals surface area contributed by atoms with E-state index in [1.54, 1.807) is 0 Å². The van der Waals surface area contributed by atoms with Crippen LogP contribution in [0.5, 0.6) is 0 Å². The average molecular weight is 348 g/mol. The fraction of sp³-hybridized carbons (Fsp3) is 0.929. The second-order valence-electron chi connectivity index (χ2n) is 5.59. The van der Waals surface area contributed by atoms with Crippen LogP contribution >= 0.6 is 22.6 Å². The topological polar surface area (TPSA) is 15.6 Å². The summed E-state index contributed by atoms with van der Waals surface area (Å²) in [6.45, 7) is 2.17. The van der Waals surface area contributed by atoms with Crippen molar-refractivity contribution in [3.8, 4) is 0 Å². The molecule has 1 heterocycles. The zero-order valence-corrected chi connectivity index (χ0v) is 13.3. The largest absolute Gasteiger partial charge is 0.351 e. The van der Waals surface area contributed by atoms with Gasteiger partial charge in [0.15, 0.2) is 0 Å². The Balaban J connectivity index is 2.09. The number of aliphatic imine (C=N–C) groups is 1. The summed E-state index contributed by atoms with van der Waals surface area (Å²) in [5, 5.41) is 0. The lowest BCUT2D eigenvalue weighted by molar-refractivity contribution is 0.250. The van der Waals surface area contributed by atoms with E-state index in [2.05, 4.69) is 41.5 Å². The summed E-state index contributed by atoms with van der Waals surface area (Å²) in [7, 11) is 2.20. The van der Waals surface area contributed by atoms with Gasteiger partial charge in [0.2, 0.25) is 0 Å². The van der Waals surface area contributed by atoms with Gasteiger partial charge in [-0.25, -0.2) is 0 Å². The van der Waals surface area contributed by atoms with Gasteiger partial charge in [-0.15, -0.1) is 0 Å². The highest BCUT2D eigenvalue weighted by Gasteiger charge is 2.34. The first-order valence-corrected chi connectivity index (χ1v) is 8.36. The fourth-order valence-electron chi connectivity index (χ4n) is 3.12. The van der Waals surface area contributed by atoms with Crippen LogP contribution in [0.3, 0.4) is 0 Å². The van der Waals surface area contributed by atoms with E-state index in [0.29, 0.717) is 10.1 Å². The van der Waals surface area contributed by atoms with Crippen LogP contribution in [0.4, 0.5) is 0 Å². The number of halogens is 1. The molecule has 0 N–H and O–H groups in total. The lowest BCUT2D eigenvalue weighted by Crippen LogP contribution is -2.46. The molecule has 3 atom stereocenters. The van der Waals surface area contributed by atoms with Gasteiger partial charge in [0, 0.05) is 13.0 Å². The molecule has 0 bridgehead atoms. The Morgan fingerprint density at radius 3 is 2.35 bits per heavy atom. The number of nitrogens with zero attached hydrogens (tertiary/aromatic N) is 2. The van der Waals surface area contributed by atoms with Gasteiger partial charge >= 0.3 is 0 Å². The van der Waals surface area contributed by atoms with E-state index >= 15 is 0 Å². The lowest BCUT2D eigenvalue weighted by Gasteiger charge is -2.40. The Hall–Kier alpha value is 0.200. The second kappa shape index (κ2) is 6.39. The summed E-state index contributed by atoms with van der Waals surface area (Å²) < 4.78 is 0.648. The summed E-state index contributed by atoms with van der Waals surface area (Å²) in [6.07, 6.45) is 11.2. The van der Waals surface area contributed by atoms with Crippen molar-refractivity contribution in [2.45, 2.75) is 68.4 Å². The molecule has 0 radical (unpaired) electrons. The third-order valence-corrected chi connectivity index (χ3v) is 6.13. The van der Waals surface area contributed by atoms with E-state index in [1.165, 1.54) is 57.2 Å². The van der Waals surface area contributed by atoms with E-state index in [-0.39, 0.29) is 0 Å². The molecule has 1 fully saturated rings. The minimum Gasteiger partial charge on any atom is -0.351 e. The minimum atomic E-state index is 0.603. The average Bonchev–Trinajstić information content (AvgIpc) is 2.33. The van der Waals surface area contributed by atoms with Crippen LogP contribution < -0.4 is 0 Å². The Kier molecular flexibility index (Phi) is 5.12. The Labute approximate surface area is 119 Å². The van der Waals surface area contributed by atoms with Gasteiger partial charge in [-0.3, -0.25) is 4.99 Å². The quantitative estimate of drug-likeness (QED) is 0.363. The smallest absolute Gasteiger partial charge is 0.0967 e. The first kappa shape index (κ1) is 13.6. The molecule has 2 aliphatic rings. The van der Waals surface area contributed by atoms with Crippen molar-refractivity contribution < 1.29 is 0 Å². The maximum absolute atomic E-state index is 4.95. The summed E-state index contributed by atoms with van der Waals surface area (Å²) in [4.78, 5) is 7.32. The molecule has 3 unspecified atom stereocenters. The molecule has 1 saturated carbocycles. The van der Waals surface area contributed by atoms with Crippen molar-refractivity contribution in [3.63, 3.8) is 0 Å². The Morgan fingerprint density at radius 2 is 1.65 bits per heavy atom. The number of hydrogen-bond donors (Lipinski definition) is 0. The molecule has 2 nitrogen and oxygen atoms in total. The number of alkyl halides is 1. The summed E-state index contributed by atoms with van der Waals surface area (Å²) in [6, 6.07) is 0.603. The van der Waals surface area contributed by atoms with Crippen LogP contribution in [0.2, 0.25) is 0 Å². The molecule has 0 aromatic heterocycles. The third kappa shape index (κ3) is 3.36. The van der Waals surface area contributed by atoms with Crippen molar-refractivity contribution in [1.82, 2.24) is 4.90 Å². The van der Waals surface area contributed by atoms with Gasteiger partial charge in [-0.1, -0.05) is 61.1 Å². The molecule has 1 aliphatic carbocycles. The predicted molar refractivity (Wildman–Crippen MR) is 82.9 cm³/mol. The van der Waals surface area contributed by atoms with E-state index in [9.17, 15) is 0 Å². The van der Waals surface area contributed by atoms with E-state index in [1.807, 2.05) is 0 Å². The zero-order valence-electron chi connectivity index (χ0n) is 11.2. The first-order valence-electron chi connectivity index (χ1n) is 7.11. The summed E-state index contributed by atoms with van der Waals surface area (Å²) >= 11 is 2.63. The maximum Gasteiger partial charge on any atom is 0.0967 e. The van der Waals surface area contributed by atoms with E-state index in [0.717, 1.165) is 5.92 Å². The minimum absolute atomic E-state index is 0.603. The molecule has 2 rings (SSSR count). The number of amidine groups is 1. The standard InChI is InChI=1S/C14H25IN2/c1-11-16-13-10-8-6-4-3-5-7-9-12(13)14(15)17(11)2/h12-14H,3-10H2,1-2H3. The van der Waals surface area contributed by atoms with E-state index in [4.69, 9.17) is 4.99 Å². The molecule has 1 aliphatic heterocycles. The molecule has 17 heavy (non-hydrogen) atoms. The van der Waals surface area contributed by atoms with Gasteiger partial charge in [0.05, 0.1) is 15.9 Å². The van der Waals surface area contributed by atoms with Crippen LogP contribution in [-0.2, 0) is 0 Å². The summed E-state index contributed by atoms with van der Waals surface area (Å²) in [5.41, 5.74) is 0. The highest BCUT2D eigenvalue weighted by molar-refractivity contribution is 14.1. The van der Waals surface area contributed by atoms with Crippen LogP contribution in [-0.4, -0.2) is 27.9 Å². The molecular weight excluding hydrogens is 323 g/mol. The van der Waals surface area contributed by atoms with Gasteiger partial charge in [-0.2, -0.15) is 0 Å². The molecule has 0 spiro atoms. The lowest BCUT2D eigenvalue weighted by atomic mass is 9.87. The highest BCUT2D eigenvalue weighted by Crippen LogP contribution is 2.34. The second-order valence-corrected chi connectivity index (χ2v) is 6.87. The van der Waals surface area contributed by atoms with Crippen molar-refractivity contribution in [2.75, 3.05) is 7.05 Å². The molecule has 0 aromatic carbocycles. The van der Waals surface area contributed by atoms with E-state index < -0.39 is 0 Å². The normalized spacial score (nSPS) is 36.1. The molecule has 0 saturated heterocycles. The molecule has 98 valence electrons. The van der Waals surface area contributed by atoms with Crippen LogP contribution in [0.15, 0.2) is 4.99 Å². The van der Waals surface area contributed by atoms with Crippen molar-refractivity contribution in [1.29, 1.82) is 0 Å². The maximum atomic E-state index is 4.95. The zero-order chi connectivity index (χ0) is 12.3.